The average Bonchev–Trinajstić information content (AvgIpc) is 3.05. The normalized spacial score (nSPS) is 15.2. The summed E-state index contributed by atoms with van der Waals surface area (Å²) in [4.78, 5) is 38.0. The van der Waals surface area contributed by atoms with Crippen molar-refractivity contribution in [2.75, 3.05) is 6.54 Å². The molecule has 5 nitrogen and oxygen atoms in total. The van der Waals surface area contributed by atoms with E-state index in [4.69, 9.17) is 4.74 Å². The Morgan fingerprint density at radius 3 is 2.26 bits per heavy atom. The minimum absolute atomic E-state index is 0.0187. The van der Waals surface area contributed by atoms with Crippen LogP contribution < -0.4 is 0 Å². The smallest absolute Gasteiger partial charge is 0.261 e. The van der Waals surface area contributed by atoms with Gasteiger partial charge in [0.1, 0.15) is 0 Å². The zero-order chi connectivity index (χ0) is 22.2. The van der Waals surface area contributed by atoms with Gasteiger partial charge in [0.05, 0.1) is 23.8 Å². The van der Waals surface area contributed by atoms with Gasteiger partial charge in [-0.05, 0) is 42.7 Å². The van der Waals surface area contributed by atoms with Crippen molar-refractivity contribution in [1.29, 1.82) is 0 Å². The fourth-order valence-corrected chi connectivity index (χ4v) is 3.61. The van der Waals surface area contributed by atoms with Gasteiger partial charge in [-0.25, -0.2) is 0 Å². The number of hydrogen-bond acceptors (Lipinski definition) is 4. The summed E-state index contributed by atoms with van der Waals surface area (Å²) < 4.78 is 6.16. The molecule has 0 N–H and O–H groups in total. The summed E-state index contributed by atoms with van der Waals surface area (Å²) in [6, 6.07) is 16.8. The Morgan fingerprint density at radius 1 is 1.03 bits per heavy atom. The first-order valence-electron chi connectivity index (χ1n) is 10.5. The number of rotatable bonds is 11. The molecule has 0 radical (unpaired) electrons. The van der Waals surface area contributed by atoms with Gasteiger partial charge in [-0.15, -0.1) is 0 Å². The van der Waals surface area contributed by atoms with Crippen LogP contribution in [0.1, 0.15) is 46.0 Å². The van der Waals surface area contributed by atoms with E-state index in [0.717, 1.165) is 5.56 Å². The van der Waals surface area contributed by atoms with E-state index in [9.17, 15) is 14.4 Å². The topological polar surface area (TPSA) is 63.7 Å². The molecular formula is C26H27NO4. The minimum atomic E-state index is -0.244. The zero-order valence-corrected chi connectivity index (χ0v) is 17.7. The lowest BCUT2D eigenvalue weighted by Gasteiger charge is -2.23. The summed E-state index contributed by atoms with van der Waals surface area (Å²) in [5.74, 6) is -0.659. The molecule has 0 bridgehead atoms. The quantitative estimate of drug-likeness (QED) is 0.396. The van der Waals surface area contributed by atoms with Crippen LogP contribution in [0.4, 0.5) is 0 Å². The molecule has 1 aliphatic rings. The molecule has 5 heteroatoms. The van der Waals surface area contributed by atoms with Crippen molar-refractivity contribution in [3.05, 3.63) is 96.1 Å². The molecule has 0 unspecified atom stereocenters. The SMILES string of the molecule is C=CC(=O)/C=C/[C@H](C)[C@@H](CCCN1C(=O)c2ccccc2C1=O)OCc1ccccc1. The van der Waals surface area contributed by atoms with Crippen LogP contribution in [-0.4, -0.2) is 35.1 Å². The van der Waals surface area contributed by atoms with Crippen LogP contribution in [0, 0.1) is 5.92 Å². The van der Waals surface area contributed by atoms with Crippen LogP contribution in [-0.2, 0) is 16.1 Å². The predicted octanol–water partition coefficient (Wildman–Crippen LogP) is 4.60. The third-order valence-electron chi connectivity index (χ3n) is 5.41. The number of amides is 2. The van der Waals surface area contributed by atoms with Crippen molar-refractivity contribution in [2.24, 2.45) is 5.92 Å². The van der Waals surface area contributed by atoms with Gasteiger partial charge in [-0.3, -0.25) is 19.3 Å². The Balaban J connectivity index is 1.62. The molecule has 2 atom stereocenters. The molecular weight excluding hydrogens is 390 g/mol. The van der Waals surface area contributed by atoms with Crippen molar-refractivity contribution in [3.63, 3.8) is 0 Å². The summed E-state index contributed by atoms with van der Waals surface area (Å²) in [6.07, 6.45) is 5.68. The molecule has 0 saturated heterocycles. The number of ketones is 1. The highest BCUT2D eigenvalue weighted by Crippen LogP contribution is 2.24. The maximum absolute atomic E-state index is 12.6. The molecule has 0 spiro atoms. The van der Waals surface area contributed by atoms with Crippen molar-refractivity contribution in [1.82, 2.24) is 4.90 Å². The van der Waals surface area contributed by atoms with E-state index in [2.05, 4.69) is 6.58 Å². The van der Waals surface area contributed by atoms with Gasteiger partial charge in [0.25, 0.3) is 11.8 Å². The Kier molecular flexibility index (Phi) is 7.68. The molecule has 0 aliphatic carbocycles. The average molecular weight is 418 g/mol. The van der Waals surface area contributed by atoms with Gasteiger partial charge in [0.2, 0.25) is 0 Å². The summed E-state index contributed by atoms with van der Waals surface area (Å²) in [6.45, 7) is 6.26. The molecule has 0 aromatic heterocycles. The maximum Gasteiger partial charge on any atom is 0.261 e. The number of nitrogens with zero attached hydrogens (tertiary/aromatic N) is 1. The third-order valence-corrected chi connectivity index (χ3v) is 5.41. The van der Waals surface area contributed by atoms with E-state index >= 15 is 0 Å². The number of benzene rings is 2. The van der Waals surface area contributed by atoms with E-state index in [1.807, 2.05) is 43.3 Å². The lowest BCUT2D eigenvalue weighted by Crippen LogP contribution is -2.32. The molecule has 1 aliphatic heterocycles. The van der Waals surface area contributed by atoms with Crippen LogP contribution in [0.5, 0.6) is 0 Å². The summed E-state index contributed by atoms with van der Waals surface area (Å²) in [7, 11) is 0. The fourth-order valence-electron chi connectivity index (χ4n) is 3.61. The zero-order valence-electron chi connectivity index (χ0n) is 17.7. The lowest BCUT2D eigenvalue weighted by molar-refractivity contribution is -0.110. The molecule has 2 aromatic carbocycles. The molecule has 1 heterocycles. The highest BCUT2D eigenvalue weighted by atomic mass is 16.5. The van der Waals surface area contributed by atoms with Crippen LogP contribution in [0.15, 0.2) is 79.4 Å². The van der Waals surface area contributed by atoms with Gasteiger partial charge < -0.3 is 4.74 Å². The Morgan fingerprint density at radius 2 is 1.65 bits per heavy atom. The Labute approximate surface area is 183 Å². The monoisotopic (exact) mass is 417 g/mol. The first-order valence-corrected chi connectivity index (χ1v) is 10.5. The van der Waals surface area contributed by atoms with E-state index < -0.39 is 0 Å². The van der Waals surface area contributed by atoms with Gasteiger partial charge in [-0.2, -0.15) is 0 Å². The standard InChI is InChI=1S/C26H27NO4/c1-3-21(28)16-15-19(2)24(31-18-20-10-5-4-6-11-20)14-9-17-27-25(29)22-12-7-8-13-23(22)26(27)30/h3-8,10-13,15-16,19,24H,1,9,14,17-18H2,2H3/b16-15+/t19-,24+/m0/s1. The van der Waals surface area contributed by atoms with Gasteiger partial charge >= 0.3 is 0 Å². The van der Waals surface area contributed by atoms with Gasteiger partial charge in [-0.1, -0.05) is 62.0 Å². The number of carbonyl (C=O) groups is 3. The van der Waals surface area contributed by atoms with E-state index in [1.54, 1.807) is 24.3 Å². The highest BCUT2D eigenvalue weighted by molar-refractivity contribution is 6.21. The third kappa shape index (κ3) is 5.64. The van der Waals surface area contributed by atoms with Crippen LogP contribution in [0.2, 0.25) is 0 Å². The number of ether oxygens (including phenoxy) is 1. The number of imide groups is 1. The first-order chi connectivity index (χ1) is 15.0. The number of carbonyl (C=O) groups excluding carboxylic acids is 3. The van der Waals surface area contributed by atoms with E-state index in [1.165, 1.54) is 17.1 Å². The first kappa shape index (κ1) is 22.4. The molecule has 3 rings (SSSR count). The second kappa shape index (κ2) is 10.6. The minimum Gasteiger partial charge on any atom is -0.373 e. The van der Waals surface area contributed by atoms with Crippen LogP contribution >= 0.6 is 0 Å². The number of hydrogen-bond donors (Lipinski definition) is 0. The molecule has 160 valence electrons. The lowest BCUT2D eigenvalue weighted by atomic mass is 9.98. The largest absolute Gasteiger partial charge is 0.373 e. The molecule has 2 amide bonds. The molecule has 2 aromatic rings. The van der Waals surface area contributed by atoms with E-state index in [0.29, 0.717) is 37.1 Å². The van der Waals surface area contributed by atoms with E-state index in [-0.39, 0.29) is 29.6 Å². The predicted molar refractivity (Wildman–Crippen MR) is 120 cm³/mol. The van der Waals surface area contributed by atoms with Crippen molar-refractivity contribution >= 4 is 17.6 Å². The second-order valence-electron chi connectivity index (χ2n) is 7.61. The summed E-state index contributed by atoms with van der Waals surface area (Å²) in [5.41, 5.74) is 1.98. The van der Waals surface area contributed by atoms with Crippen LogP contribution in [0.3, 0.4) is 0 Å². The Bertz CT molecular complexity index is 945. The second-order valence-corrected chi connectivity index (χ2v) is 7.61. The molecule has 0 saturated carbocycles. The number of allylic oxidation sites excluding steroid dienone is 2. The van der Waals surface area contributed by atoms with Crippen LogP contribution in [0.25, 0.3) is 0 Å². The van der Waals surface area contributed by atoms with Gasteiger partial charge in [0, 0.05) is 12.5 Å². The van der Waals surface area contributed by atoms with Crippen molar-refractivity contribution in [3.8, 4) is 0 Å². The van der Waals surface area contributed by atoms with Gasteiger partial charge in [0.15, 0.2) is 5.78 Å². The summed E-state index contributed by atoms with van der Waals surface area (Å²) in [5, 5.41) is 0. The Hall–Kier alpha value is -3.31. The summed E-state index contributed by atoms with van der Waals surface area (Å²) >= 11 is 0. The maximum atomic E-state index is 12.6. The molecule has 31 heavy (non-hydrogen) atoms. The van der Waals surface area contributed by atoms with Crippen molar-refractivity contribution in [2.45, 2.75) is 32.5 Å². The number of fused-ring (bicyclic) bond motifs is 1. The van der Waals surface area contributed by atoms with Crippen molar-refractivity contribution < 1.29 is 19.1 Å². The fraction of sp³-hybridized carbons (Fsp3) is 0.269. The highest BCUT2D eigenvalue weighted by Gasteiger charge is 2.34. The molecule has 0 fully saturated rings.